The third-order valence-corrected chi connectivity index (χ3v) is 3.62. The predicted octanol–water partition coefficient (Wildman–Crippen LogP) is 2.67. The van der Waals surface area contributed by atoms with Gasteiger partial charge < -0.3 is 10.6 Å². The number of rotatable bonds is 2. The van der Waals surface area contributed by atoms with Crippen molar-refractivity contribution in [3.05, 3.63) is 34.1 Å². The molecular weight excluding hydrogens is 285 g/mol. The summed E-state index contributed by atoms with van der Waals surface area (Å²) in [5.74, 6) is 0.290. The van der Waals surface area contributed by atoms with E-state index in [2.05, 4.69) is 20.9 Å². The Morgan fingerprint density at radius 1 is 1.53 bits per heavy atom. The second-order valence-electron chi connectivity index (χ2n) is 4.38. The molecule has 1 unspecified atom stereocenters. The Labute approximate surface area is 109 Å². The number of hydrogen-bond acceptors (Lipinski definition) is 3. The lowest BCUT2D eigenvalue weighted by Crippen LogP contribution is -2.41. The number of nitrogens with two attached hydrogens (primary N) is 1. The van der Waals surface area contributed by atoms with Crippen molar-refractivity contribution >= 4 is 21.9 Å². The highest BCUT2D eigenvalue weighted by atomic mass is 79.9. The van der Waals surface area contributed by atoms with Crippen LogP contribution in [0.3, 0.4) is 0 Å². The first-order valence-electron chi connectivity index (χ1n) is 5.54. The third-order valence-electron chi connectivity index (χ3n) is 2.90. The van der Waals surface area contributed by atoms with Crippen LogP contribution in [0.15, 0.2) is 27.7 Å². The molecule has 1 aliphatic heterocycles. The monoisotopic (exact) mass is 299 g/mol. The Bertz CT molecular complexity index is 459. The lowest BCUT2D eigenvalue weighted by atomic mass is 10.1. The minimum Gasteiger partial charge on any atom is -0.370 e. The standard InChI is InChI=1S/C12H15BrFN3/c1-7(2)17-11(6-16-12(17)15)9-5-8(14)3-4-10(9)13/h3-5,7,11H,6H2,1-2H3,(H2,15,16). The molecular formula is C12H15BrFN3. The Balaban J connectivity index is 2.37. The van der Waals surface area contributed by atoms with Gasteiger partial charge in [0.2, 0.25) is 0 Å². The summed E-state index contributed by atoms with van der Waals surface area (Å²) in [6.07, 6.45) is 0. The van der Waals surface area contributed by atoms with Crippen molar-refractivity contribution in [2.24, 2.45) is 10.7 Å². The van der Waals surface area contributed by atoms with Crippen molar-refractivity contribution in [2.75, 3.05) is 6.54 Å². The zero-order valence-corrected chi connectivity index (χ0v) is 11.4. The molecule has 0 amide bonds. The fourth-order valence-corrected chi connectivity index (χ4v) is 2.66. The molecule has 0 aromatic heterocycles. The van der Waals surface area contributed by atoms with Gasteiger partial charge in [0.05, 0.1) is 12.6 Å². The summed E-state index contributed by atoms with van der Waals surface area (Å²) in [7, 11) is 0. The predicted molar refractivity (Wildman–Crippen MR) is 70.3 cm³/mol. The van der Waals surface area contributed by atoms with E-state index < -0.39 is 0 Å². The minimum absolute atomic E-state index is 0.0140. The summed E-state index contributed by atoms with van der Waals surface area (Å²) in [6, 6.07) is 4.95. The maximum atomic E-state index is 13.3. The molecule has 17 heavy (non-hydrogen) atoms. The van der Waals surface area contributed by atoms with Crippen molar-refractivity contribution in [2.45, 2.75) is 25.9 Å². The topological polar surface area (TPSA) is 41.6 Å². The smallest absolute Gasteiger partial charge is 0.192 e. The van der Waals surface area contributed by atoms with Crippen molar-refractivity contribution < 1.29 is 4.39 Å². The first-order chi connectivity index (χ1) is 8.00. The van der Waals surface area contributed by atoms with Gasteiger partial charge in [0, 0.05) is 10.5 Å². The van der Waals surface area contributed by atoms with Crippen LogP contribution < -0.4 is 5.73 Å². The SMILES string of the molecule is CC(C)N1C(N)=NCC1c1cc(F)ccc1Br. The fourth-order valence-electron chi connectivity index (χ4n) is 2.15. The summed E-state index contributed by atoms with van der Waals surface area (Å²) in [6.45, 7) is 4.67. The summed E-state index contributed by atoms with van der Waals surface area (Å²) in [5, 5.41) is 0. The molecule has 5 heteroatoms. The number of hydrogen-bond donors (Lipinski definition) is 1. The Morgan fingerprint density at radius 3 is 2.88 bits per heavy atom. The van der Waals surface area contributed by atoms with Gasteiger partial charge in [-0.3, -0.25) is 4.99 Å². The molecule has 1 aromatic rings. The molecule has 2 rings (SSSR count). The molecule has 3 nitrogen and oxygen atoms in total. The lowest BCUT2D eigenvalue weighted by molar-refractivity contribution is 0.289. The highest BCUT2D eigenvalue weighted by molar-refractivity contribution is 9.10. The molecule has 0 saturated carbocycles. The van der Waals surface area contributed by atoms with Gasteiger partial charge in [-0.2, -0.15) is 0 Å². The van der Waals surface area contributed by atoms with Crippen LogP contribution in [0.1, 0.15) is 25.5 Å². The van der Waals surface area contributed by atoms with Crippen LogP contribution in [0, 0.1) is 5.82 Å². The van der Waals surface area contributed by atoms with E-state index in [0.717, 1.165) is 10.0 Å². The molecule has 0 saturated heterocycles. The molecule has 1 aliphatic rings. The number of nitrogens with zero attached hydrogens (tertiary/aromatic N) is 2. The molecule has 0 fully saturated rings. The van der Waals surface area contributed by atoms with Crippen molar-refractivity contribution in [3.8, 4) is 0 Å². The zero-order chi connectivity index (χ0) is 12.6. The Hall–Kier alpha value is -1.10. The maximum absolute atomic E-state index is 13.3. The molecule has 1 atom stereocenters. The molecule has 0 bridgehead atoms. The minimum atomic E-state index is -0.239. The number of aliphatic imine (C=N–C) groups is 1. The molecule has 92 valence electrons. The Kier molecular flexibility index (Phi) is 3.38. The van der Waals surface area contributed by atoms with E-state index in [9.17, 15) is 4.39 Å². The van der Waals surface area contributed by atoms with E-state index in [1.807, 2.05) is 18.7 Å². The zero-order valence-electron chi connectivity index (χ0n) is 9.82. The summed E-state index contributed by atoms with van der Waals surface area (Å²) in [5.41, 5.74) is 6.75. The Morgan fingerprint density at radius 2 is 2.24 bits per heavy atom. The van der Waals surface area contributed by atoms with E-state index >= 15 is 0 Å². The van der Waals surface area contributed by atoms with Gasteiger partial charge in [0.25, 0.3) is 0 Å². The van der Waals surface area contributed by atoms with Crippen molar-refractivity contribution in [1.82, 2.24) is 4.90 Å². The van der Waals surface area contributed by atoms with E-state index in [1.165, 1.54) is 12.1 Å². The van der Waals surface area contributed by atoms with Crippen molar-refractivity contribution in [3.63, 3.8) is 0 Å². The number of benzene rings is 1. The van der Waals surface area contributed by atoms with Gasteiger partial charge in [-0.1, -0.05) is 15.9 Å². The van der Waals surface area contributed by atoms with Crippen LogP contribution in [-0.4, -0.2) is 23.4 Å². The summed E-state index contributed by atoms with van der Waals surface area (Å²) >= 11 is 3.45. The van der Waals surface area contributed by atoms with E-state index in [4.69, 9.17) is 5.73 Å². The quantitative estimate of drug-likeness (QED) is 0.912. The second-order valence-corrected chi connectivity index (χ2v) is 5.24. The lowest BCUT2D eigenvalue weighted by Gasteiger charge is -2.30. The van der Waals surface area contributed by atoms with E-state index in [0.29, 0.717) is 12.5 Å². The van der Waals surface area contributed by atoms with Crippen LogP contribution in [0.25, 0.3) is 0 Å². The highest BCUT2D eigenvalue weighted by Crippen LogP contribution is 2.32. The van der Waals surface area contributed by atoms with Crippen LogP contribution in [0.2, 0.25) is 0 Å². The largest absolute Gasteiger partial charge is 0.370 e. The van der Waals surface area contributed by atoms with Gasteiger partial charge in [0.15, 0.2) is 5.96 Å². The van der Waals surface area contributed by atoms with Gasteiger partial charge in [0.1, 0.15) is 5.82 Å². The molecule has 2 N–H and O–H groups in total. The first-order valence-corrected chi connectivity index (χ1v) is 6.33. The van der Waals surface area contributed by atoms with E-state index in [1.54, 1.807) is 6.07 Å². The van der Waals surface area contributed by atoms with Gasteiger partial charge in [-0.25, -0.2) is 4.39 Å². The van der Waals surface area contributed by atoms with Crippen LogP contribution in [-0.2, 0) is 0 Å². The van der Waals surface area contributed by atoms with Crippen LogP contribution in [0.5, 0.6) is 0 Å². The second kappa shape index (κ2) is 4.64. The van der Waals surface area contributed by atoms with Gasteiger partial charge >= 0.3 is 0 Å². The maximum Gasteiger partial charge on any atom is 0.192 e. The number of halogens is 2. The third kappa shape index (κ3) is 2.29. The molecule has 0 spiro atoms. The average Bonchev–Trinajstić information content (AvgIpc) is 2.64. The summed E-state index contributed by atoms with van der Waals surface area (Å²) < 4.78 is 14.2. The van der Waals surface area contributed by atoms with Gasteiger partial charge in [-0.05, 0) is 37.6 Å². The molecule has 1 heterocycles. The van der Waals surface area contributed by atoms with E-state index in [-0.39, 0.29) is 17.9 Å². The highest BCUT2D eigenvalue weighted by Gasteiger charge is 2.30. The van der Waals surface area contributed by atoms with Crippen molar-refractivity contribution in [1.29, 1.82) is 0 Å². The summed E-state index contributed by atoms with van der Waals surface area (Å²) in [4.78, 5) is 6.26. The fraction of sp³-hybridized carbons (Fsp3) is 0.417. The van der Waals surface area contributed by atoms with Gasteiger partial charge in [-0.15, -0.1) is 0 Å². The first kappa shape index (κ1) is 12.4. The van der Waals surface area contributed by atoms with Crippen LogP contribution >= 0.6 is 15.9 Å². The normalized spacial score (nSPS) is 19.9. The molecule has 0 aliphatic carbocycles. The molecule has 0 radical (unpaired) electrons. The van der Waals surface area contributed by atoms with Crippen LogP contribution in [0.4, 0.5) is 4.39 Å². The number of guanidine groups is 1. The molecule has 1 aromatic carbocycles. The average molecular weight is 300 g/mol.